The minimum atomic E-state index is -0.968. The first-order valence-corrected chi connectivity index (χ1v) is 5.96. The molecule has 0 aromatic carbocycles. The number of rotatable bonds is 1. The molecule has 0 radical (unpaired) electrons. The predicted molar refractivity (Wildman–Crippen MR) is 56.5 cm³/mol. The van der Waals surface area contributed by atoms with Gasteiger partial charge in [0.2, 0.25) is 0 Å². The Hall–Kier alpha value is -0.160. The summed E-state index contributed by atoms with van der Waals surface area (Å²) in [5, 5.41) is 28.6. The Bertz CT molecular complexity index is 194. The van der Waals surface area contributed by atoms with Crippen LogP contribution in [0.1, 0.15) is 32.1 Å². The zero-order valence-electron chi connectivity index (χ0n) is 9.05. The molecule has 1 heterocycles. The summed E-state index contributed by atoms with van der Waals surface area (Å²) in [6.07, 6.45) is 3.56. The maximum atomic E-state index is 9.60. The summed E-state index contributed by atoms with van der Waals surface area (Å²) in [7, 11) is 0. The molecule has 0 spiro atoms. The van der Waals surface area contributed by atoms with Gasteiger partial charge in [-0.1, -0.05) is 19.3 Å². The molecule has 4 heteroatoms. The summed E-state index contributed by atoms with van der Waals surface area (Å²) >= 11 is 0. The van der Waals surface area contributed by atoms with Crippen molar-refractivity contribution in [2.75, 3.05) is 13.1 Å². The quantitative estimate of drug-likeness (QED) is 0.563. The minimum absolute atomic E-state index is 0.496. The molecular formula is C11H21NO3. The maximum Gasteiger partial charge on any atom is 0.108 e. The average molecular weight is 215 g/mol. The molecular weight excluding hydrogens is 194 g/mol. The van der Waals surface area contributed by atoms with E-state index in [0.717, 1.165) is 12.8 Å². The summed E-state index contributed by atoms with van der Waals surface area (Å²) in [5.74, 6) is 0. The van der Waals surface area contributed by atoms with Crippen molar-refractivity contribution in [3.63, 3.8) is 0 Å². The Kier molecular flexibility index (Phi) is 3.61. The number of aliphatic hydroxyl groups is 3. The topological polar surface area (TPSA) is 63.9 Å². The van der Waals surface area contributed by atoms with Gasteiger partial charge in [-0.05, 0) is 12.8 Å². The van der Waals surface area contributed by atoms with Crippen LogP contribution in [0.4, 0.5) is 0 Å². The lowest BCUT2D eigenvalue weighted by molar-refractivity contribution is -0.120. The monoisotopic (exact) mass is 215 g/mol. The third kappa shape index (κ3) is 2.50. The molecule has 0 unspecified atom stereocenters. The van der Waals surface area contributed by atoms with Crippen molar-refractivity contribution in [2.24, 2.45) is 0 Å². The van der Waals surface area contributed by atoms with Gasteiger partial charge in [0.15, 0.2) is 0 Å². The zero-order valence-corrected chi connectivity index (χ0v) is 9.05. The van der Waals surface area contributed by atoms with Gasteiger partial charge >= 0.3 is 0 Å². The fourth-order valence-electron chi connectivity index (χ4n) is 2.77. The van der Waals surface area contributed by atoms with E-state index in [1.165, 1.54) is 19.3 Å². The van der Waals surface area contributed by atoms with Crippen molar-refractivity contribution < 1.29 is 15.3 Å². The molecule has 0 amide bonds. The van der Waals surface area contributed by atoms with Crippen LogP contribution in [0.25, 0.3) is 0 Å². The van der Waals surface area contributed by atoms with Crippen LogP contribution in [0.5, 0.6) is 0 Å². The second kappa shape index (κ2) is 4.78. The molecule has 2 rings (SSSR count). The first-order chi connectivity index (χ1) is 7.18. The van der Waals surface area contributed by atoms with Crippen molar-refractivity contribution in [1.29, 1.82) is 0 Å². The molecule has 2 atom stereocenters. The summed E-state index contributed by atoms with van der Waals surface area (Å²) in [4.78, 5) is 2.14. The number of hydrogen-bond donors (Lipinski definition) is 3. The Morgan fingerprint density at radius 3 is 1.87 bits per heavy atom. The number of hydrogen-bond acceptors (Lipinski definition) is 4. The van der Waals surface area contributed by atoms with Gasteiger partial charge in [-0.15, -0.1) is 0 Å². The van der Waals surface area contributed by atoms with E-state index in [0.29, 0.717) is 19.1 Å². The van der Waals surface area contributed by atoms with Crippen LogP contribution in [0.15, 0.2) is 0 Å². The molecule has 0 bridgehead atoms. The fraction of sp³-hybridized carbons (Fsp3) is 1.00. The van der Waals surface area contributed by atoms with Crippen LogP contribution >= 0.6 is 0 Å². The highest BCUT2D eigenvalue weighted by Gasteiger charge is 2.36. The van der Waals surface area contributed by atoms with E-state index in [-0.39, 0.29) is 0 Å². The van der Waals surface area contributed by atoms with Crippen LogP contribution in [0.3, 0.4) is 0 Å². The van der Waals surface area contributed by atoms with E-state index < -0.39 is 18.3 Å². The second-order valence-corrected chi connectivity index (χ2v) is 4.87. The number of aliphatic hydroxyl groups excluding tert-OH is 3. The smallest absolute Gasteiger partial charge is 0.108 e. The van der Waals surface area contributed by atoms with E-state index in [9.17, 15) is 15.3 Å². The average Bonchev–Trinajstić information content (AvgIpc) is 2.26. The highest BCUT2D eigenvalue weighted by Crippen LogP contribution is 2.25. The van der Waals surface area contributed by atoms with Gasteiger partial charge < -0.3 is 15.3 Å². The zero-order chi connectivity index (χ0) is 10.8. The van der Waals surface area contributed by atoms with Gasteiger partial charge in [0, 0.05) is 19.1 Å². The predicted octanol–water partition coefficient (Wildman–Crippen LogP) is -0.283. The molecule has 1 aliphatic carbocycles. The number of likely N-dealkylation sites (tertiary alicyclic amines) is 1. The molecule has 1 saturated carbocycles. The van der Waals surface area contributed by atoms with Gasteiger partial charge in [0.1, 0.15) is 6.10 Å². The molecule has 1 saturated heterocycles. The Balaban J connectivity index is 1.92. The number of nitrogens with zero attached hydrogens (tertiary/aromatic N) is 1. The molecule has 15 heavy (non-hydrogen) atoms. The third-order valence-corrected chi connectivity index (χ3v) is 3.72. The van der Waals surface area contributed by atoms with Crippen molar-refractivity contribution in [3.8, 4) is 0 Å². The van der Waals surface area contributed by atoms with Crippen LogP contribution in [0.2, 0.25) is 0 Å². The lowest BCUT2D eigenvalue weighted by atomic mass is 9.91. The van der Waals surface area contributed by atoms with E-state index in [4.69, 9.17) is 0 Å². The fourth-order valence-corrected chi connectivity index (χ4v) is 2.77. The standard InChI is InChI=1S/C11H21NO3/c13-9-6-12(7-10(14)11(9)15)8-4-2-1-3-5-8/h8-11,13-15H,1-7H2/t9-,10-/m1/s1. The largest absolute Gasteiger partial charge is 0.389 e. The molecule has 3 N–H and O–H groups in total. The minimum Gasteiger partial charge on any atom is -0.389 e. The normalized spacial score (nSPS) is 37.0. The Morgan fingerprint density at radius 2 is 1.33 bits per heavy atom. The van der Waals surface area contributed by atoms with Gasteiger partial charge in [-0.25, -0.2) is 0 Å². The molecule has 2 aliphatic rings. The van der Waals surface area contributed by atoms with E-state index in [2.05, 4.69) is 4.90 Å². The summed E-state index contributed by atoms with van der Waals surface area (Å²) in [6.45, 7) is 1.01. The van der Waals surface area contributed by atoms with Crippen molar-refractivity contribution >= 4 is 0 Å². The molecule has 88 valence electrons. The second-order valence-electron chi connectivity index (χ2n) is 4.87. The van der Waals surface area contributed by atoms with Gasteiger partial charge in [-0.3, -0.25) is 4.90 Å². The van der Waals surface area contributed by atoms with Gasteiger partial charge in [0.05, 0.1) is 12.2 Å². The summed E-state index contributed by atoms with van der Waals surface area (Å²) < 4.78 is 0. The van der Waals surface area contributed by atoms with E-state index in [1.807, 2.05) is 0 Å². The first kappa shape index (κ1) is 11.3. The van der Waals surface area contributed by atoms with E-state index >= 15 is 0 Å². The Morgan fingerprint density at radius 1 is 0.800 bits per heavy atom. The number of piperidine rings is 1. The molecule has 1 aliphatic heterocycles. The first-order valence-electron chi connectivity index (χ1n) is 5.96. The highest BCUT2D eigenvalue weighted by atomic mass is 16.4. The molecule has 4 nitrogen and oxygen atoms in total. The van der Waals surface area contributed by atoms with Crippen LogP contribution in [-0.4, -0.2) is 57.7 Å². The third-order valence-electron chi connectivity index (χ3n) is 3.72. The lowest BCUT2D eigenvalue weighted by Gasteiger charge is -2.42. The lowest BCUT2D eigenvalue weighted by Crippen LogP contribution is -2.58. The van der Waals surface area contributed by atoms with E-state index in [1.54, 1.807) is 0 Å². The van der Waals surface area contributed by atoms with Crippen LogP contribution < -0.4 is 0 Å². The Labute approximate surface area is 90.5 Å². The van der Waals surface area contributed by atoms with Crippen molar-refractivity contribution in [1.82, 2.24) is 4.90 Å². The van der Waals surface area contributed by atoms with Crippen molar-refractivity contribution in [3.05, 3.63) is 0 Å². The molecule has 2 fully saturated rings. The van der Waals surface area contributed by atoms with Crippen molar-refractivity contribution in [2.45, 2.75) is 56.5 Å². The summed E-state index contributed by atoms with van der Waals surface area (Å²) in [6, 6.07) is 0.496. The van der Waals surface area contributed by atoms with Crippen LogP contribution in [0, 0.1) is 0 Å². The van der Waals surface area contributed by atoms with Gasteiger partial charge in [0.25, 0.3) is 0 Å². The molecule has 0 aromatic heterocycles. The summed E-state index contributed by atoms with van der Waals surface area (Å²) in [5.41, 5.74) is 0. The molecule has 0 aromatic rings. The number of β-amino-alcohol motifs (C(OH)–C–C–N with tert-alkyl or cyclic N) is 2. The SMILES string of the molecule is OC1[C@H](O)CN(C2CCCCC2)C[C@H]1O. The highest BCUT2D eigenvalue weighted by molar-refractivity contribution is 4.90. The van der Waals surface area contributed by atoms with Crippen LogP contribution in [-0.2, 0) is 0 Å². The maximum absolute atomic E-state index is 9.60. The van der Waals surface area contributed by atoms with Gasteiger partial charge in [-0.2, -0.15) is 0 Å².